The van der Waals surface area contributed by atoms with Crippen LogP contribution in [-0.2, 0) is 20.8 Å². The van der Waals surface area contributed by atoms with E-state index in [2.05, 4.69) is 10.6 Å². The molecular formula is C28H27ClN2O7. The van der Waals surface area contributed by atoms with Crippen molar-refractivity contribution in [3.63, 3.8) is 0 Å². The van der Waals surface area contributed by atoms with E-state index in [1.807, 2.05) is 25.1 Å². The molecule has 0 aliphatic heterocycles. The van der Waals surface area contributed by atoms with Gasteiger partial charge in [-0.1, -0.05) is 44.0 Å². The number of aryl methyl sites for hydroxylation is 1. The highest BCUT2D eigenvalue weighted by Crippen LogP contribution is 2.35. The number of rotatable bonds is 9. The van der Waals surface area contributed by atoms with Crippen molar-refractivity contribution in [1.82, 2.24) is 10.6 Å². The molecule has 2 aromatic carbocycles. The Morgan fingerprint density at radius 3 is 2.42 bits per heavy atom. The molecule has 4 rings (SSSR count). The van der Waals surface area contributed by atoms with Crippen LogP contribution in [-0.4, -0.2) is 35.5 Å². The Labute approximate surface area is 222 Å². The van der Waals surface area contributed by atoms with Gasteiger partial charge in [-0.25, -0.2) is 9.59 Å². The molecule has 2 aromatic heterocycles. The first-order chi connectivity index (χ1) is 18.1. The number of aliphatic carboxylic acids is 1. The van der Waals surface area contributed by atoms with Gasteiger partial charge in [-0.15, -0.1) is 0 Å². The minimum absolute atomic E-state index is 0.161. The molecule has 0 spiro atoms. The second-order valence-electron chi connectivity index (χ2n) is 9.22. The van der Waals surface area contributed by atoms with Crippen LogP contribution in [0.5, 0.6) is 0 Å². The van der Waals surface area contributed by atoms with E-state index < -0.39 is 36.0 Å². The number of carbonyl (C=O) groups excluding carboxylic acids is 2. The summed E-state index contributed by atoms with van der Waals surface area (Å²) in [6.45, 7) is 4.85. The summed E-state index contributed by atoms with van der Waals surface area (Å²) in [5.74, 6) is -2.63. The van der Waals surface area contributed by atoms with E-state index in [0.717, 1.165) is 16.5 Å². The molecule has 0 radical (unpaired) electrons. The van der Waals surface area contributed by atoms with Crippen LogP contribution in [0.1, 0.15) is 31.4 Å². The van der Waals surface area contributed by atoms with Gasteiger partial charge in [-0.05, 0) is 42.2 Å². The number of carboxylic acid groups (broad SMARTS) is 1. The molecule has 0 fully saturated rings. The van der Waals surface area contributed by atoms with Gasteiger partial charge in [0.05, 0.1) is 24.8 Å². The molecule has 2 atom stereocenters. The van der Waals surface area contributed by atoms with Crippen LogP contribution in [0, 0.1) is 12.8 Å². The van der Waals surface area contributed by atoms with Crippen LogP contribution in [0.25, 0.3) is 33.1 Å². The van der Waals surface area contributed by atoms with E-state index in [1.54, 1.807) is 38.3 Å². The fraction of sp³-hybridized carbons (Fsp3) is 0.286. The molecule has 2 heterocycles. The molecule has 9 nitrogen and oxygen atoms in total. The van der Waals surface area contributed by atoms with E-state index in [1.165, 1.54) is 0 Å². The van der Waals surface area contributed by atoms with Crippen LogP contribution < -0.4 is 16.3 Å². The number of furan rings is 1. The van der Waals surface area contributed by atoms with E-state index >= 15 is 0 Å². The first-order valence-corrected chi connectivity index (χ1v) is 12.5. The van der Waals surface area contributed by atoms with Gasteiger partial charge >= 0.3 is 11.6 Å². The van der Waals surface area contributed by atoms with Gasteiger partial charge in [0.15, 0.2) is 0 Å². The number of hydrogen-bond acceptors (Lipinski definition) is 6. The molecule has 0 aliphatic carbocycles. The van der Waals surface area contributed by atoms with Crippen molar-refractivity contribution in [2.75, 3.05) is 6.54 Å². The molecule has 0 saturated heterocycles. The minimum Gasteiger partial charge on any atom is -0.480 e. The lowest BCUT2D eigenvalue weighted by atomic mass is 9.99. The van der Waals surface area contributed by atoms with E-state index in [0.29, 0.717) is 33.6 Å². The Balaban J connectivity index is 1.55. The molecule has 38 heavy (non-hydrogen) atoms. The third-order valence-electron chi connectivity index (χ3n) is 6.72. The maximum atomic E-state index is 12.7. The average molecular weight is 539 g/mol. The first-order valence-electron chi connectivity index (χ1n) is 12.1. The summed E-state index contributed by atoms with van der Waals surface area (Å²) in [5.41, 5.74) is 2.67. The smallest absolute Gasteiger partial charge is 0.340 e. The second kappa shape index (κ2) is 11.1. The van der Waals surface area contributed by atoms with Gasteiger partial charge < -0.3 is 24.6 Å². The number of nitrogens with one attached hydrogen (secondary N) is 2. The van der Waals surface area contributed by atoms with Crippen molar-refractivity contribution in [3.8, 4) is 11.1 Å². The van der Waals surface area contributed by atoms with Crippen LogP contribution in [0.15, 0.2) is 56.3 Å². The highest BCUT2D eigenvalue weighted by atomic mass is 35.5. The molecule has 4 aromatic rings. The fourth-order valence-electron chi connectivity index (χ4n) is 4.28. The summed E-state index contributed by atoms with van der Waals surface area (Å²) in [5, 5.41) is 16.3. The summed E-state index contributed by atoms with van der Waals surface area (Å²) in [6.07, 6.45) is 1.88. The molecule has 198 valence electrons. The Morgan fingerprint density at radius 2 is 1.76 bits per heavy atom. The molecule has 0 unspecified atom stereocenters. The van der Waals surface area contributed by atoms with Crippen molar-refractivity contribution < 1.29 is 28.3 Å². The van der Waals surface area contributed by atoms with E-state index in [-0.39, 0.29) is 17.9 Å². The number of fused-ring (bicyclic) bond motifs is 2. The summed E-state index contributed by atoms with van der Waals surface area (Å²) in [4.78, 5) is 49.0. The fourth-order valence-corrected chi connectivity index (χ4v) is 4.40. The van der Waals surface area contributed by atoms with Gasteiger partial charge in [0.25, 0.3) is 0 Å². The van der Waals surface area contributed by atoms with Gasteiger partial charge in [0, 0.05) is 27.4 Å². The topological polar surface area (TPSA) is 139 Å². The SMILES string of the molecule is CC[C@@H](C)[C@H](NC(=O)CNC(=O)Cc1c(C)c2cc3c(-c4ccc(Cl)cc4)coc3cc2oc1=O)C(=O)O. The average Bonchev–Trinajstić information content (AvgIpc) is 3.30. The largest absolute Gasteiger partial charge is 0.480 e. The van der Waals surface area contributed by atoms with Crippen molar-refractivity contribution in [2.45, 2.75) is 39.7 Å². The standard InChI is InChI=1S/C28H27ClN2O7/c1-4-14(2)26(27(34)35)31-25(33)12-30-24(32)10-19-15(3)18-9-20-21(16-5-7-17(29)8-6-16)13-37-22(20)11-23(18)38-28(19)36/h5-9,11,13-14,26H,4,10,12H2,1-3H3,(H,30,32)(H,31,33)(H,34,35)/t14-,26+/m1/s1. The zero-order valence-corrected chi connectivity index (χ0v) is 21.8. The summed E-state index contributed by atoms with van der Waals surface area (Å²) in [7, 11) is 0. The minimum atomic E-state index is -1.14. The van der Waals surface area contributed by atoms with Gasteiger partial charge in [0.2, 0.25) is 11.8 Å². The Kier molecular flexibility index (Phi) is 7.87. The molecule has 10 heteroatoms. The molecule has 2 amide bonds. The lowest BCUT2D eigenvalue weighted by Gasteiger charge is -2.20. The highest BCUT2D eigenvalue weighted by Gasteiger charge is 2.25. The van der Waals surface area contributed by atoms with Gasteiger partial charge in [-0.3, -0.25) is 9.59 Å². The maximum absolute atomic E-state index is 12.7. The Bertz CT molecular complexity index is 1590. The highest BCUT2D eigenvalue weighted by molar-refractivity contribution is 6.30. The Hall–Kier alpha value is -4.11. The van der Waals surface area contributed by atoms with E-state index in [4.69, 9.17) is 20.4 Å². The van der Waals surface area contributed by atoms with Crippen LogP contribution in [0.3, 0.4) is 0 Å². The van der Waals surface area contributed by atoms with Gasteiger partial charge in [-0.2, -0.15) is 0 Å². The molecule has 0 saturated carbocycles. The second-order valence-corrected chi connectivity index (χ2v) is 9.65. The number of carboxylic acids is 1. The predicted molar refractivity (Wildman–Crippen MR) is 143 cm³/mol. The van der Waals surface area contributed by atoms with E-state index in [9.17, 15) is 24.3 Å². The van der Waals surface area contributed by atoms with Crippen molar-refractivity contribution in [2.24, 2.45) is 5.92 Å². The maximum Gasteiger partial charge on any atom is 0.340 e. The summed E-state index contributed by atoms with van der Waals surface area (Å²) < 4.78 is 11.2. The number of benzene rings is 2. The number of amides is 2. The molecule has 0 bridgehead atoms. The van der Waals surface area contributed by atoms with Gasteiger partial charge in [0.1, 0.15) is 17.2 Å². The third-order valence-corrected chi connectivity index (χ3v) is 6.97. The Morgan fingerprint density at radius 1 is 1.05 bits per heavy atom. The van der Waals surface area contributed by atoms with Crippen LogP contribution in [0.2, 0.25) is 5.02 Å². The van der Waals surface area contributed by atoms with Crippen molar-refractivity contribution >= 4 is 51.3 Å². The van der Waals surface area contributed by atoms with Crippen LogP contribution in [0.4, 0.5) is 0 Å². The number of carbonyl (C=O) groups is 3. The zero-order chi connectivity index (χ0) is 27.6. The van der Waals surface area contributed by atoms with Crippen molar-refractivity contribution in [3.05, 3.63) is 69.2 Å². The predicted octanol–water partition coefficient (Wildman–Crippen LogP) is 4.44. The molecule has 3 N–H and O–H groups in total. The summed E-state index contributed by atoms with van der Waals surface area (Å²) >= 11 is 6.01. The normalized spacial score (nSPS) is 12.8. The molecular weight excluding hydrogens is 512 g/mol. The lowest BCUT2D eigenvalue weighted by molar-refractivity contribution is -0.143. The third kappa shape index (κ3) is 5.57. The number of halogens is 1. The summed E-state index contributed by atoms with van der Waals surface area (Å²) in [6, 6.07) is 9.75. The molecule has 0 aliphatic rings. The number of hydrogen-bond donors (Lipinski definition) is 3. The van der Waals surface area contributed by atoms with Crippen molar-refractivity contribution in [1.29, 1.82) is 0 Å². The quantitative estimate of drug-likeness (QED) is 0.268. The first kappa shape index (κ1) is 26.9. The monoisotopic (exact) mass is 538 g/mol. The zero-order valence-electron chi connectivity index (χ0n) is 21.1. The van der Waals surface area contributed by atoms with Crippen LogP contribution >= 0.6 is 11.6 Å². The lowest BCUT2D eigenvalue weighted by Crippen LogP contribution is -2.48.